The van der Waals surface area contributed by atoms with Crippen molar-refractivity contribution in [3.8, 4) is 0 Å². The molecule has 1 atom stereocenters. The van der Waals surface area contributed by atoms with E-state index in [4.69, 9.17) is 14.2 Å². The lowest BCUT2D eigenvalue weighted by Gasteiger charge is -2.09. The first kappa shape index (κ1) is 17.1. The van der Waals surface area contributed by atoms with Crippen LogP contribution in [0.5, 0.6) is 0 Å². The Kier molecular flexibility index (Phi) is 12.6. The van der Waals surface area contributed by atoms with Crippen LogP contribution in [0.1, 0.15) is 6.92 Å². The van der Waals surface area contributed by atoms with Gasteiger partial charge in [0.15, 0.2) is 0 Å². The largest absolute Gasteiger partial charge is 0.382 e. The first-order valence-corrected chi connectivity index (χ1v) is 7.62. The molecule has 0 N–H and O–H groups in total. The number of rotatable bonds is 11. The second-order valence-electron chi connectivity index (χ2n) is 3.21. The van der Waals surface area contributed by atoms with Crippen LogP contribution < -0.4 is 0 Å². The third-order valence-corrected chi connectivity index (χ3v) is 3.81. The molecular formula is C12H22O3S2. The molecule has 0 bridgehead atoms. The highest BCUT2D eigenvalue weighted by atomic mass is 32.2. The zero-order valence-corrected chi connectivity index (χ0v) is 12.4. The molecule has 0 aromatic carbocycles. The highest BCUT2D eigenvalue weighted by molar-refractivity contribution is 8.21. The monoisotopic (exact) mass is 278 g/mol. The van der Waals surface area contributed by atoms with Gasteiger partial charge in [-0.2, -0.15) is 0 Å². The van der Waals surface area contributed by atoms with Gasteiger partial charge in [0, 0.05) is 17.1 Å². The van der Waals surface area contributed by atoms with Crippen molar-refractivity contribution in [1.82, 2.24) is 0 Å². The van der Waals surface area contributed by atoms with Gasteiger partial charge in [-0.25, -0.2) is 0 Å². The van der Waals surface area contributed by atoms with Gasteiger partial charge in [-0.15, -0.1) is 23.5 Å². The molecule has 0 aliphatic heterocycles. The van der Waals surface area contributed by atoms with Gasteiger partial charge >= 0.3 is 0 Å². The third kappa shape index (κ3) is 12.3. The normalized spacial score (nSPS) is 13.1. The molecule has 0 aromatic rings. The Bertz CT molecular complexity index is 220. The minimum atomic E-state index is 0.0701. The van der Waals surface area contributed by atoms with Crippen molar-refractivity contribution in [2.24, 2.45) is 0 Å². The molecule has 1 unspecified atom stereocenters. The molecule has 3 nitrogen and oxygen atoms in total. The van der Waals surface area contributed by atoms with Crippen LogP contribution in [0.15, 0.2) is 23.0 Å². The van der Waals surface area contributed by atoms with Crippen LogP contribution in [-0.4, -0.2) is 45.2 Å². The molecule has 0 aromatic heterocycles. The molecule has 0 heterocycles. The van der Waals surface area contributed by atoms with E-state index in [-0.39, 0.29) is 6.10 Å². The minimum Gasteiger partial charge on any atom is -0.382 e. The standard InChI is InChI=1S/C12H22O3S2/c1-11(15-10-14-8-7-13-3)6-5-9-17-12(2)16-4/h5-6,11H,2,7-10H2,1,3-4H3/b6-5+. The predicted molar refractivity (Wildman–Crippen MR) is 77.5 cm³/mol. The molecule has 0 amide bonds. The molecule has 0 saturated carbocycles. The van der Waals surface area contributed by atoms with Gasteiger partial charge in [-0.1, -0.05) is 18.7 Å². The number of methoxy groups -OCH3 is 1. The van der Waals surface area contributed by atoms with E-state index in [1.807, 2.05) is 19.3 Å². The Morgan fingerprint density at radius 3 is 2.82 bits per heavy atom. The fourth-order valence-electron chi connectivity index (χ4n) is 0.859. The number of thioether (sulfide) groups is 2. The van der Waals surface area contributed by atoms with Crippen molar-refractivity contribution in [3.63, 3.8) is 0 Å². The smallest absolute Gasteiger partial charge is 0.147 e. The van der Waals surface area contributed by atoms with Gasteiger partial charge in [0.2, 0.25) is 0 Å². The zero-order chi connectivity index (χ0) is 12.9. The molecule has 0 rings (SSSR count). The summed E-state index contributed by atoms with van der Waals surface area (Å²) in [6.07, 6.45) is 6.22. The van der Waals surface area contributed by atoms with E-state index in [0.717, 1.165) is 9.99 Å². The summed E-state index contributed by atoms with van der Waals surface area (Å²) in [6.45, 7) is 7.36. The molecule has 5 heteroatoms. The summed E-state index contributed by atoms with van der Waals surface area (Å²) >= 11 is 3.41. The molecular weight excluding hydrogens is 256 g/mol. The summed E-state index contributed by atoms with van der Waals surface area (Å²) in [5.74, 6) is 0.928. The third-order valence-electron chi connectivity index (χ3n) is 1.82. The average Bonchev–Trinajstić information content (AvgIpc) is 2.34. The SMILES string of the molecule is C=C(SC)SC/C=C/C(C)OCOCCOC. The van der Waals surface area contributed by atoms with Crippen LogP contribution in [0, 0.1) is 0 Å². The molecule has 17 heavy (non-hydrogen) atoms. The van der Waals surface area contributed by atoms with Gasteiger partial charge in [0.05, 0.1) is 19.3 Å². The summed E-state index contributed by atoms with van der Waals surface area (Å²) in [4.78, 5) is 0. The molecule has 0 saturated heterocycles. The van der Waals surface area contributed by atoms with E-state index in [1.165, 1.54) is 0 Å². The first-order valence-electron chi connectivity index (χ1n) is 5.41. The Morgan fingerprint density at radius 2 is 2.18 bits per heavy atom. The van der Waals surface area contributed by atoms with Crippen LogP contribution in [0.4, 0.5) is 0 Å². The predicted octanol–water partition coefficient (Wildman–Crippen LogP) is 3.14. The van der Waals surface area contributed by atoms with Crippen LogP contribution >= 0.6 is 23.5 Å². The highest BCUT2D eigenvalue weighted by Crippen LogP contribution is 2.23. The molecule has 0 aliphatic rings. The molecule has 0 aliphatic carbocycles. The average molecular weight is 278 g/mol. The van der Waals surface area contributed by atoms with Crippen LogP contribution in [0.3, 0.4) is 0 Å². The summed E-state index contributed by atoms with van der Waals surface area (Å²) in [5.41, 5.74) is 0. The number of hydrogen-bond acceptors (Lipinski definition) is 5. The van der Waals surface area contributed by atoms with E-state index in [0.29, 0.717) is 20.0 Å². The zero-order valence-electron chi connectivity index (χ0n) is 10.8. The van der Waals surface area contributed by atoms with E-state index in [1.54, 1.807) is 30.6 Å². The maximum Gasteiger partial charge on any atom is 0.147 e. The van der Waals surface area contributed by atoms with Crippen molar-refractivity contribution in [2.75, 3.05) is 39.1 Å². The van der Waals surface area contributed by atoms with E-state index in [2.05, 4.69) is 12.7 Å². The highest BCUT2D eigenvalue weighted by Gasteiger charge is 1.96. The van der Waals surface area contributed by atoms with Crippen molar-refractivity contribution in [1.29, 1.82) is 0 Å². The van der Waals surface area contributed by atoms with E-state index >= 15 is 0 Å². The van der Waals surface area contributed by atoms with Crippen LogP contribution in [0.2, 0.25) is 0 Å². The Hall–Kier alpha value is 0.0600. The van der Waals surface area contributed by atoms with Gasteiger partial charge in [0.1, 0.15) is 6.79 Å². The van der Waals surface area contributed by atoms with Crippen molar-refractivity contribution >= 4 is 23.5 Å². The van der Waals surface area contributed by atoms with Crippen molar-refractivity contribution in [2.45, 2.75) is 13.0 Å². The molecule has 0 fully saturated rings. The fourth-order valence-corrected chi connectivity index (χ4v) is 1.93. The van der Waals surface area contributed by atoms with Gasteiger partial charge in [-0.05, 0) is 13.2 Å². The summed E-state index contributed by atoms with van der Waals surface area (Å²) in [6, 6.07) is 0. The van der Waals surface area contributed by atoms with Gasteiger partial charge < -0.3 is 14.2 Å². The molecule has 100 valence electrons. The maximum atomic E-state index is 5.42. The Labute approximate surface area is 113 Å². The lowest BCUT2D eigenvalue weighted by atomic mass is 10.4. The minimum absolute atomic E-state index is 0.0701. The Balaban J connectivity index is 3.41. The fraction of sp³-hybridized carbons (Fsp3) is 0.667. The van der Waals surface area contributed by atoms with Crippen molar-refractivity contribution in [3.05, 3.63) is 23.0 Å². The summed E-state index contributed by atoms with van der Waals surface area (Å²) < 4.78 is 16.6. The molecule has 0 radical (unpaired) electrons. The topological polar surface area (TPSA) is 27.7 Å². The lowest BCUT2D eigenvalue weighted by molar-refractivity contribution is -0.0803. The molecule has 0 spiro atoms. The quantitative estimate of drug-likeness (QED) is 0.329. The lowest BCUT2D eigenvalue weighted by Crippen LogP contribution is -2.11. The van der Waals surface area contributed by atoms with Crippen LogP contribution in [-0.2, 0) is 14.2 Å². The first-order chi connectivity index (χ1) is 8.20. The van der Waals surface area contributed by atoms with Crippen LogP contribution in [0.25, 0.3) is 0 Å². The van der Waals surface area contributed by atoms with Gasteiger partial charge in [-0.3, -0.25) is 0 Å². The number of ether oxygens (including phenoxy) is 3. The summed E-state index contributed by atoms with van der Waals surface area (Å²) in [5, 5.41) is 0. The maximum absolute atomic E-state index is 5.42. The second kappa shape index (κ2) is 12.5. The number of hydrogen-bond donors (Lipinski definition) is 0. The van der Waals surface area contributed by atoms with E-state index < -0.39 is 0 Å². The Morgan fingerprint density at radius 1 is 1.41 bits per heavy atom. The second-order valence-corrected chi connectivity index (χ2v) is 5.48. The van der Waals surface area contributed by atoms with Crippen molar-refractivity contribution < 1.29 is 14.2 Å². The summed E-state index contributed by atoms with van der Waals surface area (Å²) in [7, 11) is 1.65. The van der Waals surface area contributed by atoms with Gasteiger partial charge in [0.25, 0.3) is 0 Å². The van der Waals surface area contributed by atoms with E-state index in [9.17, 15) is 0 Å².